The van der Waals surface area contributed by atoms with Crippen molar-refractivity contribution in [2.24, 2.45) is 0 Å². The van der Waals surface area contributed by atoms with Crippen molar-refractivity contribution in [2.75, 3.05) is 24.5 Å². The van der Waals surface area contributed by atoms with Gasteiger partial charge in [-0.1, -0.05) is 24.3 Å². The van der Waals surface area contributed by atoms with E-state index in [2.05, 4.69) is 10.2 Å². The van der Waals surface area contributed by atoms with Gasteiger partial charge in [-0.25, -0.2) is 5.48 Å². The first kappa shape index (κ1) is 22.1. The summed E-state index contributed by atoms with van der Waals surface area (Å²) < 4.78 is 38.7. The van der Waals surface area contributed by atoms with Crippen LogP contribution in [0.1, 0.15) is 31.2 Å². The fraction of sp³-hybridized carbons (Fsp3) is 0.409. The average Bonchev–Trinajstić information content (AvgIpc) is 2.76. The maximum Gasteiger partial charge on any atom is 0.412 e. The summed E-state index contributed by atoms with van der Waals surface area (Å²) in [5.41, 5.74) is 3.71. The standard InChI is InChI=1S/C22H26F3N3O2/c23-22(24,25)18-6-3-4-16(14-18)15-26-19-10-12-28(13-11-19)20-7-2-1-5-17(20)8-9-21(29)27-30/h1-2,4-5,7-9,14,19,26,30H,3,6,10-13,15H2,(H,27,29)/b9-8+. The van der Waals surface area contributed by atoms with E-state index in [4.69, 9.17) is 5.21 Å². The van der Waals surface area contributed by atoms with Crippen LogP contribution < -0.4 is 15.7 Å². The molecular weight excluding hydrogens is 395 g/mol. The van der Waals surface area contributed by atoms with Gasteiger partial charge in [0.05, 0.1) is 0 Å². The Morgan fingerprint density at radius 3 is 2.67 bits per heavy atom. The number of anilines is 1. The van der Waals surface area contributed by atoms with E-state index in [1.807, 2.05) is 30.3 Å². The molecule has 8 heteroatoms. The van der Waals surface area contributed by atoms with Gasteiger partial charge in [-0.2, -0.15) is 13.2 Å². The van der Waals surface area contributed by atoms with E-state index < -0.39 is 17.7 Å². The van der Waals surface area contributed by atoms with Crippen LogP contribution in [-0.2, 0) is 4.79 Å². The molecule has 162 valence electrons. The summed E-state index contributed by atoms with van der Waals surface area (Å²) in [7, 11) is 0. The van der Waals surface area contributed by atoms with Crippen LogP contribution in [0, 0.1) is 0 Å². The van der Waals surface area contributed by atoms with Gasteiger partial charge in [0, 0.05) is 43.0 Å². The molecule has 1 heterocycles. The maximum absolute atomic E-state index is 12.9. The highest BCUT2D eigenvalue weighted by Crippen LogP contribution is 2.32. The summed E-state index contributed by atoms with van der Waals surface area (Å²) in [6.45, 7) is 2.05. The molecule has 0 unspecified atom stereocenters. The monoisotopic (exact) mass is 421 g/mol. The maximum atomic E-state index is 12.9. The zero-order chi connectivity index (χ0) is 21.6. The van der Waals surface area contributed by atoms with Crippen molar-refractivity contribution in [3.05, 3.63) is 59.2 Å². The van der Waals surface area contributed by atoms with Gasteiger partial charge >= 0.3 is 6.18 Å². The summed E-state index contributed by atoms with van der Waals surface area (Å²) >= 11 is 0. The minimum atomic E-state index is -4.25. The van der Waals surface area contributed by atoms with Gasteiger partial charge in [0.1, 0.15) is 0 Å². The highest BCUT2D eigenvalue weighted by molar-refractivity contribution is 5.91. The number of allylic oxidation sites excluding steroid dienone is 2. The number of nitrogens with one attached hydrogen (secondary N) is 2. The van der Waals surface area contributed by atoms with Gasteiger partial charge in [-0.05, 0) is 55.0 Å². The molecule has 1 saturated heterocycles. The van der Waals surface area contributed by atoms with Crippen molar-refractivity contribution in [1.29, 1.82) is 0 Å². The number of para-hydroxylation sites is 1. The van der Waals surface area contributed by atoms with Crippen molar-refractivity contribution >= 4 is 17.7 Å². The number of carbonyl (C=O) groups excluding carboxylic acids is 1. The number of alkyl halides is 3. The van der Waals surface area contributed by atoms with Gasteiger partial charge in [-0.3, -0.25) is 10.0 Å². The molecule has 0 atom stereocenters. The smallest absolute Gasteiger partial charge is 0.371 e. The van der Waals surface area contributed by atoms with E-state index in [-0.39, 0.29) is 12.5 Å². The third-order valence-corrected chi connectivity index (χ3v) is 5.44. The largest absolute Gasteiger partial charge is 0.412 e. The fourth-order valence-corrected chi connectivity index (χ4v) is 3.82. The molecule has 2 aliphatic rings. The van der Waals surface area contributed by atoms with Crippen LogP contribution in [0.15, 0.2) is 53.6 Å². The topological polar surface area (TPSA) is 64.6 Å². The molecule has 1 aromatic rings. The third kappa shape index (κ3) is 5.96. The predicted octanol–water partition coefficient (Wildman–Crippen LogP) is 3.97. The third-order valence-electron chi connectivity index (χ3n) is 5.44. The lowest BCUT2D eigenvalue weighted by molar-refractivity contribution is -0.124. The van der Waals surface area contributed by atoms with Crippen LogP contribution in [0.2, 0.25) is 0 Å². The number of nitrogens with zero attached hydrogens (tertiary/aromatic N) is 1. The van der Waals surface area contributed by atoms with Gasteiger partial charge in [0.25, 0.3) is 5.91 Å². The molecule has 0 bridgehead atoms. The molecule has 0 spiro atoms. The van der Waals surface area contributed by atoms with E-state index in [0.717, 1.165) is 37.2 Å². The number of piperidine rings is 1. The lowest BCUT2D eigenvalue weighted by Crippen LogP contribution is -2.43. The molecule has 5 nitrogen and oxygen atoms in total. The number of hydrogen-bond donors (Lipinski definition) is 3. The minimum Gasteiger partial charge on any atom is -0.371 e. The molecule has 1 aliphatic carbocycles. The van der Waals surface area contributed by atoms with Crippen LogP contribution in [0.3, 0.4) is 0 Å². The SMILES string of the molecule is O=C(/C=C/c1ccccc1N1CCC(NCC2=CCCC(C(F)(F)F)=C2)CC1)NO. The Balaban J connectivity index is 1.54. The molecule has 0 saturated carbocycles. The van der Waals surface area contributed by atoms with Crippen LogP contribution in [0.25, 0.3) is 6.08 Å². The van der Waals surface area contributed by atoms with Crippen LogP contribution in [0.4, 0.5) is 18.9 Å². The molecule has 1 amide bonds. The average molecular weight is 421 g/mol. The Bertz CT molecular complexity index is 838. The first-order valence-electron chi connectivity index (χ1n) is 10.0. The fourth-order valence-electron chi connectivity index (χ4n) is 3.82. The second-order valence-electron chi connectivity index (χ2n) is 7.50. The van der Waals surface area contributed by atoms with Crippen molar-refractivity contribution in [3.8, 4) is 0 Å². The molecular formula is C22H26F3N3O2. The molecule has 1 aliphatic heterocycles. The number of hydrogen-bond acceptors (Lipinski definition) is 4. The lowest BCUT2D eigenvalue weighted by atomic mass is 9.98. The normalized spacial score (nSPS) is 18.3. The Morgan fingerprint density at radius 2 is 1.97 bits per heavy atom. The number of hydroxylamine groups is 1. The van der Waals surface area contributed by atoms with Crippen LogP contribution in [-0.4, -0.2) is 43.0 Å². The summed E-state index contributed by atoms with van der Waals surface area (Å²) in [4.78, 5) is 13.5. The second kappa shape index (κ2) is 9.95. The van der Waals surface area contributed by atoms with E-state index in [9.17, 15) is 18.0 Å². The van der Waals surface area contributed by atoms with Gasteiger partial charge in [0.2, 0.25) is 0 Å². The molecule has 1 fully saturated rings. The molecule has 1 aromatic carbocycles. The molecule has 0 aromatic heterocycles. The molecule has 3 rings (SSSR count). The van der Waals surface area contributed by atoms with Crippen molar-refractivity contribution in [2.45, 2.75) is 37.9 Å². The van der Waals surface area contributed by atoms with Gasteiger partial charge in [0.15, 0.2) is 0 Å². The molecule has 0 radical (unpaired) electrons. The van der Waals surface area contributed by atoms with E-state index >= 15 is 0 Å². The van der Waals surface area contributed by atoms with Crippen LogP contribution >= 0.6 is 0 Å². The number of benzene rings is 1. The second-order valence-corrected chi connectivity index (χ2v) is 7.50. The first-order valence-corrected chi connectivity index (χ1v) is 10.0. The van der Waals surface area contributed by atoms with Crippen molar-refractivity contribution in [3.63, 3.8) is 0 Å². The number of rotatable bonds is 6. The zero-order valence-corrected chi connectivity index (χ0v) is 16.6. The predicted molar refractivity (Wildman–Crippen MR) is 110 cm³/mol. The van der Waals surface area contributed by atoms with Crippen molar-refractivity contribution in [1.82, 2.24) is 10.8 Å². The number of halogens is 3. The quantitative estimate of drug-likeness (QED) is 0.370. The summed E-state index contributed by atoms with van der Waals surface area (Å²) in [5.74, 6) is -0.590. The Hall–Kier alpha value is -2.58. The van der Waals surface area contributed by atoms with Gasteiger partial charge < -0.3 is 10.2 Å². The van der Waals surface area contributed by atoms with Crippen LogP contribution in [0.5, 0.6) is 0 Å². The Morgan fingerprint density at radius 1 is 1.23 bits per heavy atom. The molecule has 30 heavy (non-hydrogen) atoms. The van der Waals surface area contributed by atoms with E-state index in [0.29, 0.717) is 18.5 Å². The zero-order valence-electron chi connectivity index (χ0n) is 16.6. The summed E-state index contributed by atoms with van der Waals surface area (Å²) in [5, 5.41) is 12.0. The first-order chi connectivity index (χ1) is 14.4. The number of amides is 1. The minimum absolute atomic E-state index is 0.0548. The van der Waals surface area contributed by atoms with Gasteiger partial charge in [-0.15, -0.1) is 0 Å². The molecule has 3 N–H and O–H groups in total. The Labute approximate surface area is 173 Å². The summed E-state index contributed by atoms with van der Waals surface area (Å²) in [6, 6.07) is 7.95. The summed E-state index contributed by atoms with van der Waals surface area (Å²) in [6.07, 6.45) is 4.07. The van der Waals surface area contributed by atoms with E-state index in [1.54, 1.807) is 11.6 Å². The van der Waals surface area contributed by atoms with E-state index in [1.165, 1.54) is 12.2 Å². The van der Waals surface area contributed by atoms with Crippen molar-refractivity contribution < 1.29 is 23.2 Å². The number of carbonyl (C=O) groups is 1. The highest BCUT2D eigenvalue weighted by Gasteiger charge is 2.33. The lowest BCUT2D eigenvalue weighted by Gasteiger charge is -2.35. The highest BCUT2D eigenvalue weighted by atomic mass is 19.4. The Kier molecular flexibility index (Phi) is 7.33.